The van der Waals surface area contributed by atoms with Gasteiger partial charge in [0.2, 0.25) is 0 Å². The molecule has 5 heteroatoms. The highest BCUT2D eigenvalue weighted by Gasteiger charge is 2.29. The van der Waals surface area contributed by atoms with Gasteiger partial charge in [-0.1, -0.05) is 29.8 Å². The van der Waals surface area contributed by atoms with Gasteiger partial charge >= 0.3 is 0 Å². The van der Waals surface area contributed by atoms with E-state index in [1.807, 2.05) is 42.6 Å². The van der Waals surface area contributed by atoms with E-state index in [0.29, 0.717) is 6.42 Å². The molecule has 1 unspecified atom stereocenters. The zero-order chi connectivity index (χ0) is 17.6. The molecule has 4 nitrogen and oxygen atoms in total. The van der Waals surface area contributed by atoms with Crippen LogP contribution in [0.1, 0.15) is 23.6 Å². The standard InChI is InChI=1S/C20H24ClN3O/c1-23-11-13-24(14-12-23)20(17-3-2-10-22-15-17)19(25)9-6-16-4-7-18(21)8-5-16/h2-5,7-8,10,15,20H,6,9,11-14H2,1H3. The average molecular weight is 358 g/mol. The molecule has 132 valence electrons. The van der Waals surface area contributed by atoms with E-state index in [4.69, 9.17) is 11.6 Å². The summed E-state index contributed by atoms with van der Waals surface area (Å²) >= 11 is 5.93. The van der Waals surface area contributed by atoms with Gasteiger partial charge in [0, 0.05) is 50.0 Å². The maximum atomic E-state index is 13.1. The van der Waals surface area contributed by atoms with Crippen LogP contribution >= 0.6 is 11.6 Å². The van der Waals surface area contributed by atoms with Crippen LogP contribution in [0.2, 0.25) is 5.02 Å². The van der Waals surface area contributed by atoms with E-state index in [9.17, 15) is 4.79 Å². The summed E-state index contributed by atoms with van der Waals surface area (Å²) in [6, 6.07) is 11.5. The van der Waals surface area contributed by atoms with E-state index in [1.54, 1.807) is 6.20 Å². The number of nitrogens with zero attached hydrogens (tertiary/aromatic N) is 3. The summed E-state index contributed by atoms with van der Waals surface area (Å²) in [5.41, 5.74) is 2.13. The van der Waals surface area contributed by atoms with Gasteiger partial charge in [-0.3, -0.25) is 14.7 Å². The van der Waals surface area contributed by atoms with Gasteiger partial charge in [-0.25, -0.2) is 0 Å². The van der Waals surface area contributed by atoms with Crippen molar-refractivity contribution in [1.29, 1.82) is 0 Å². The van der Waals surface area contributed by atoms with Crippen molar-refractivity contribution in [3.05, 3.63) is 64.9 Å². The molecule has 2 heterocycles. The first-order valence-electron chi connectivity index (χ1n) is 8.73. The van der Waals surface area contributed by atoms with Crippen molar-refractivity contribution in [2.75, 3.05) is 33.2 Å². The lowest BCUT2D eigenvalue weighted by Crippen LogP contribution is -2.47. The van der Waals surface area contributed by atoms with Gasteiger partial charge < -0.3 is 4.90 Å². The Morgan fingerprint density at radius 3 is 2.52 bits per heavy atom. The first-order chi connectivity index (χ1) is 12.1. The second-order valence-corrected chi connectivity index (χ2v) is 7.06. The van der Waals surface area contributed by atoms with E-state index in [2.05, 4.69) is 21.8 Å². The highest BCUT2D eigenvalue weighted by molar-refractivity contribution is 6.30. The van der Waals surface area contributed by atoms with Gasteiger partial charge in [0.1, 0.15) is 0 Å². The maximum absolute atomic E-state index is 13.1. The topological polar surface area (TPSA) is 36.4 Å². The summed E-state index contributed by atoms with van der Waals surface area (Å²) in [4.78, 5) is 21.9. The lowest BCUT2D eigenvalue weighted by atomic mass is 9.97. The third-order valence-electron chi connectivity index (χ3n) is 4.78. The van der Waals surface area contributed by atoms with E-state index >= 15 is 0 Å². The third-order valence-corrected chi connectivity index (χ3v) is 5.03. The van der Waals surface area contributed by atoms with Crippen molar-refractivity contribution in [3.63, 3.8) is 0 Å². The number of benzene rings is 1. The number of carbonyl (C=O) groups is 1. The zero-order valence-electron chi connectivity index (χ0n) is 14.6. The van der Waals surface area contributed by atoms with Crippen LogP contribution in [0, 0.1) is 0 Å². The Labute approximate surface area is 154 Å². The SMILES string of the molecule is CN1CCN(C(C(=O)CCc2ccc(Cl)cc2)c2cccnc2)CC1. The molecule has 0 amide bonds. The van der Waals surface area contributed by atoms with Gasteiger partial charge in [-0.15, -0.1) is 0 Å². The van der Waals surface area contributed by atoms with E-state index < -0.39 is 0 Å². The molecule has 0 aliphatic carbocycles. The molecule has 1 aromatic carbocycles. The lowest BCUT2D eigenvalue weighted by molar-refractivity contribution is -0.125. The largest absolute Gasteiger partial charge is 0.304 e. The Hall–Kier alpha value is -1.75. The molecule has 1 aromatic heterocycles. The number of halogens is 1. The van der Waals surface area contributed by atoms with Crippen molar-refractivity contribution in [2.24, 2.45) is 0 Å². The van der Waals surface area contributed by atoms with Crippen molar-refractivity contribution in [3.8, 4) is 0 Å². The van der Waals surface area contributed by atoms with Crippen LogP contribution in [0.5, 0.6) is 0 Å². The van der Waals surface area contributed by atoms with Gasteiger partial charge in [-0.2, -0.15) is 0 Å². The molecule has 1 saturated heterocycles. The molecule has 1 fully saturated rings. The third kappa shape index (κ3) is 4.88. The minimum atomic E-state index is -0.199. The van der Waals surface area contributed by atoms with Crippen LogP contribution in [-0.2, 0) is 11.2 Å². The number of hydrogen-bond acceptors (Lipinski definition) is 4. The molecule has 0 spiro atoms. The summed E-state index contributed by atoms with van der Waals surface area (Å²) in [7, 11) is 2.12. The van der Waals surface area contributed by atoms with Crippen LogP contribution in [-0.4, -0.2) is 53.8 Å². The van der Waals surface area contributed by atoms with Gasteiger partial charge in [0.25, 0.3) is 0 Å². The van der Waals surface area contributed by atoms with Crippen LogP contribution < -0.4 is 0 Å². The number of ketones is 1. The first kappa shape index (κ1) is 18.1. The molecule has 2 aromatic rings. The summed E-state index contributed by atoms with van der Waals surface area (Å²) in [6.07, 6.45) is 4.83. The summed E-state index contributed by atoms with van der Waals surface area (Å²) < 4.78 is 0. The van der Waals surface area contributed by atoms with Crippen LogP contribution in [0.3, 0.4) is 0 Å². The van der Waals surface area contributed by atoms with Crippen LogP contribution in [0.25, 0.3) is 0 Å². The molecular weight excluding hydrogens is 334 g/mol. The fraction of sp³-hybridized carbons (Fsp3) is 0.400. The van der Waals surface area contributed by atoms with Crippen molar-refractivity contribution in [2.45, 2.75) is 18.9 Å². The number of likely N-dealkylation sites (N-methyl/N-ethyl adjacent to an activating group) is 1. The fourth-order valence-electron chi connectivity index (χ4n) is 3.27. The first-order valence-corrected chi connectivity index (χ1v) is 9.11. The molecular formula is C20H24ClN3O. The van der Waals surface area contributed by atoms with E-state index in [-0.39, 0.29) is 11.8 Å². The number of rotatable bonds is 6. The summed E-state index contributed by atoms with van der Waals surface area (Å²) in [5, 5.41) is 0.723. The van der Waals surface area contributed by atoms with Crippen LogP contribution in [0.4, 0.5) is 0 Å². The number of carbonyl (C=O) groups excluding carboxylic acids is 1. The lowest BCUT2D eigenvalue weighted by Gasteiger charge is -2.37. The normalized spacial score (nSPS) is 17.4. The Morgan fingerprint density at radius 2 is 1.88 bits per heavy atom. The minimum absolute atomic E-state index is 0.199. The zero-order valence-corrected chi connectivity index (χ0v) is 15.3. The number of aromatic nitrogens is 1. The molecule has 0 bridgehead atoms. The van der Waals surface area contributed by atoms with Crippen molar-refractivity contribution < 1.29 is 4.79 Å². The highest BCUT2D eigenvalue weighted by atomic mass is 35.5. The number of aryl methyl sites for hydroxylation is 1. The van der Waals surface area contributed by atoms with Crippen LogP contribution in [0.15, 0.2) is 48.8 Å². The number of hydrogen-bond donors (Lipinski definition) is 0. The monoisotopic (exact) mass is 357 g/mol. The molecule has 1 atom stereocenters. The predicted molar refractivity (Wildman–Crippen MR) is 101 cm³/mol. The van der Waals surface area contributed by atoms with Gasteiger partial charge in [0.15, 0.2) is 5.78 Å². The quantitative estimate of drug-likeness (QED) is 0.795. The van der Waals surface area contributed by atoms with Crippen molar-refractivity contribution >= 4 is 17.4 Å². The molecule has 3 rings (SSSR count). The second-order valence-electron chi connectivity index (χ2n) is 6.62. The van der Waals surface area contributed by atoms with Crippen molar-refractivity contribution in [1.82, 2.24) is 14.8 Å². The minimum Gasteiger partial charge on any atom is -0.304 e. The average Bonchev–Trinajstić information content (AvgIpc) is 2.64. The molecule has 25 heavy (non-hydrogen) atoms. The number of piperazine rings is 1. The summed E-state index contributed by atoms with van der Waals surface area (Å²) in [5.74, 6) is 0.257. The number of Topliss-reactive ketones (excluding diaryl/α,β-unsaturated/α-hetero) is 1. The second kappa shape index (κ2) is 8.56. The highest BCUT2D eigenvalue weighted by Crippen LogP contribution is 2.24. The fourth-order valence-corrected chi connectivity index (χ4v) is 3.40. The Bertz CT molecular complexity index is 682. The predicted octanol–water partition coefficient (Wildman–Crippen LogP) is 3.23. The van der Waals surface area contributed by atoms with E-state index in [1.165, 1.54) is 0 Å². The van der Waals surface area contributed by atoms with Gasteiger partial charge in [0.05, 0.1) is 6.04 Å². The Morgan fingerprint density at radius 1 is 1.16 bits per heavy atom. The smallest absolute Gasteiger partial charge is 0.154 e. The Balaban J connectivity index is 1.71. The molecule has 0 N–H and O–H groups in total. The maximum Gasteiger partial charge on any atom is 0.154 e. The molecule has 1 aliphatic rings. The number of pyridine rings is 1. The Kier molecular flexibility index (Phi) is 6.19. The molecule has 0 radical (unpaired) electrons. The molecule has 0 saturated carbocycles. The van der Waals surface area contributed by atoms with Gasteiger partial charge in [-0.05, 0) is 42.8 Å². The van der Waals surface area contributed by atoms with E-state index in [0.717, 1.165) is 48.7 Å². The summed E-state index contributed by atoms with van der Waals surface area (Å²) in [6.45, 7) is 3.79. The molecule has 1 aliphatic heterocycles.